The lowest BCUT2D eigenvalue weighted by Gasteiger charge is -2.02. The third kappa shape index (κ3) is 3.50. The molecule has 0 spiro atoms. The first-order chi connectivity index (χ1) is 7.79. The number of aryl methyl sites for hydroxylation is 1. The van der Waals surface area contributed by atoms with Gasteiger partial charge in [0, 0.05) is 10.7 Å². The van der Waals surface area contributed by atoms with E-state index in [4.69, 9.17) is 33.9 Å². The fourth-order valence-corrected chi connectivity index (χ4v) is 3.10. The highest BCUT2D eigenvalue weighted by Crippen LogP contribution is 2.55. The van der Waals surface area contributed by atoms with Gasteiger partial charge in [-0.05, 0) is 42.9 Å². The van der Waals surface area contributed by atoms with Gasteiger partial charge in [0.1, 0.15) is 4.33 Å². The summed E-state index contributed by atoms with van der Waals surface area (Å²) in [6.07, 6.45) is 2.60. The molecular weight excluding hydrogens is 303 g/mol. The fraction of sp³-hybridized carbons (Fsp3) is 0.455. The Morgan fingerprint density at radius 1 is 1.24 bits per heavy atom. The van der Waals surface area contributed by atoms with Crippen LogP contribution in [0.4, 0.5) is 0 Å². The predicted octanol–water partition coefficient (Wildman–Crippen LogP) is 3.74. The first-order valence-corrected chi connectivity index (χ1v) is 8.27. The molecule has 1 aromatic carbocycles. The second-order valence-electron chi connectivity index (χ2n) is 4.28. The van der Waals surface area contributed by atoms with E-state index in [0.29, 0.717) is 5.92 Å². The van der Waals surface area contributed by atoms with Crippen LogP contribution in [-0.2, 0) is 15.5 Å². The minimum atomic E-state index is -3.63. The van der Waals surface area contributed by atoms with Gasteiger partial charge in [0.15, 0.2) is 0 Å². The maximum Gasteiger partial charge on any atom is 0.261 e. The molecule has 0 heterocycles. The SMILES string of the molecule is O=S(=O)(Cl)c1ccc(CCC2CC2(Cl)Cl)cc1. The van der Waals surface area contributed by atoms with E-state index in [1.54, 1.807) is 12.1 Å². The summed E-state index contributed by atoms with van der Waals surface area (Å²) in [6.45, 7) is 0. The van der Waals surface area contributed by atoms with Crippen molar-refractivity contribution in [3.05, 3.63) is 29.8 Å². The second kappa shape index (κ2) is 4.61. The molecule has 0 N–H and O–H groups in total. The van der Waals surface area contributed by atoms with Gasteiger partial charge in [-0.3, -0.25) is 0 Å². The molecule has 6 heteroatoms. The van der Waals surface area contributed by atoms with Crippen molar-refractivity contribution in [1.29, 1.82) is 0 Å². The largest absolute Gasteiger partial charge is 0.261 e. The Morgan fingerprint density at radius 3 is 2.18 bits per heavy atom. The topological polar surface area (TPSA) is 34.1 Å². The van der Waals surface area contributed by atoms with Crippen LogP contribution in [0.2, 0.25) is 0 Å². The van der Waals surface area contributed by atoms with Crippen LogP contribution in [0, 0.1) is 5.92 Å². The normalized spacial score (nSPS) is 22.4. The first kappa shape index (κ1) is 13.5. The highest BCUT2D eigenvalue weighted by Gasteiger charge is 2.50. The number of benzene rings is 1. The molecule has 1 aliphatic rings. The van der Waals surface area contributed by atoms with Gasteiger partial charge in [0.25, 0.3) is 9.05 Å². The summed E-state index contributed by atoms with van der Waals surface area (Å²) in [4.78, 5) is 0.123. The van der Waals surface area contributed by atoms with Crippen LogP contribution in [0.15, 0.2) is 29.2 Å². The molecule has 0 aliphatic heterocycles. The maximum atomic E-state index is 11.0. The van der Waals surface area contributed by atoms with E-state index in [-0.39, 0.29) is 4.90 Å². The van der Waals surface area contributed by atoms with Gasteiger partial charge in [-0.15, -0.1) is 23.2 Å². The van der Waals surface area contributed by atoms with Gasteiger partial charge in [-0.1, -0.05) is 12.1 Å². The lowest BCUT2D eigenvalue weighted by Crippen LogP contribution is -1.95. The Balaban J connectivity index is 1.95. The standard InChI is InChI=1S/C11H11Cl3O2S/c12-11(13)7-9(11)4-1-8-2-5-10(6-3-8)17(14,15)16/h2-3,5-6,9H,1,4,7H2. The van der Waals surface area contributed by atoms with Crippen molar-refractivity contribution in [3.8, 4) is 0 Å². The second-order valence-corrected chi connectivity index (χ2v) is 8.39. The van der Waals surface area contributed by atoms with Crippen molar-refractivity contribution in [2.45, 2.75) is 28.5 Å². The Bertz CT molecular complexity index is 508. The summed E-state index contributed by atoms with van der Waals surface area (Å²) < 4.78 is 21.5. The van der Waals surface area contributed by atoms with E-state index in [0.717, 1.165) is 24.8 Å². The van der Waals surface area contributed by atoms with Gasteiger partial charge in [0.2, 0.25) is 0 Å². The van der Waals surface area contributed by atoms with Crippen molar-refractivity contribution in [1.82, 2.24) is 0 Å². The van der Waals surface area contributed by atoms with Crippen LogP contribution in [0.3, 0.4) is 0 Å². The molecule has 94 valence electrons. The number of hydrogen-bond acceptors (Lipinski definition) is 2. The van der Waals surface area contributed by atoms with Gasteiger partial charge >= 0.3 is 0 Å². The van der Waals surface area contributed by atoms with E-state index in [1.165, 1.54) is 12.1 Å². The first-order valence-electron chi connectivity index (χ1n) is 5.20. The third-order valence-corrected chi connectivity index (χ3v) is 5.24. The average Bonchev–Trinajstić information content (AvgIpc) is 2.83. The summed E-state index contributed by atoms with van der Waals surface area (Å²) >= 11 is 11.9. The highest BCUT2D eigenvalue weighted by atomic mass is 35.7. The Morgan fingerprint density at radius 2 is 1.76 bits per heavy atom. The molecule has 2 rings (SSSR count). The highest BCUT2D eigenvalue weighted by molar-refractivity contribution is 8.13. The number of rotatable bonds is 4. The van der Waals surface area contributed by atoms with Crippen LogP contribution in [0.1, 0.15) is 18.4 Å². The van der Waals surface area contributed by atoms with Gasteiger partial charge in [-0.2, -0.15) is 0 Å². The summed E-state index contributed by atoms with van der Waals surface area (Å²) in [6, 6.07) is 6.56. The van der Waals surface area contributed by atoms with Gasteiger partial charge < -0.3 is 0 Å². The number of hydrogen-bond donors (Lipinski definition) is 0. The van der Waals surface area contributed by atoms with Crippen molar-refractivity contribution in [2.75, 3.05) is 0 Å². The molecular formula is C11H11Cl3O2S. The quantitative estimate of drug-likeness (QED) is 0.627. The lowest BCUT2D eigenvalue weighted by atomic mass is 10.1. The minimum Gasteiger partial charge on any atom is -0.207 e. The number of halogens is 3. The van der Waals surface area contributed by atoms with Crippen molar-refractivity contribution in [2.24, 2.45) is 5.92 Å². The Labute approximate surface area is 115 Å². The van der Waals surface area contributed by atoms with E-state index in [9.17, 15) is 8.42 Å². The minimum absolute atomic E-state index is 0.123. The molecule has 17 heavy (non-hydrogen) atoms. The van der Waals surface area contributed by atoms with E-state index >= 15 is 0 Å². The molecule has 1 fully saturated rings. The smallest absolute Gasteiger partial charge is 0.207 e. The lowest BCUT2D eigenvalue weighted by molar-refractivity contribution is 0.609. The molecule has 2 nitrogen and oxygen atoms in total. The van der Waals surface area contributed by atoms with Gasteiger partial charge in [0.05, 0.1) is 4.90 Å². The summed E-state index contributed by atoms with van der Waals surface area (Å²) in [5, 5.41) is 0. The maximum absolute atomic E-state index is 11.0. The third-order valence-electron chi connectivity index (χ3n) is 2.94. The van der Waals surface area contributed by atoms with E-state index in [1.807, 2.05) is 0 Å². The summed E-state index contributed by atoms with van der Waals surface area (Å²) in [5.41, 5.74) is 1.06. The molecule has 1 saturated carbocycles. The van der Waals surface area contributed by atoms with Crippen molar-refractivity contribution in [3.63, 3.8) is 0 Å². The van der Waals surface area contributed by atoms with Crippen LogP contribution in [0.25, 0.3) is 0 Å². The Hall–Kier alpha value is 0.0400. The molecule has 0 amide bonds. The van der Waals surface area contributed by atoms with Crippen LogP contribution < -0.4 is 0 Å². The molecule has 1 aromatic rings. The summed E-state index contributed by atoms with van der Waals surface area (Å²) in [7, 11) is 1.60. The number of alkyl halides is 2. The zero-order valence-corrected chi connectivity index (χ0v) is 12.0. The molecule has 1 atom stereocenters. The average molecular weight is 314 g/mol. The zero-order chi connectivity index (χ0) is 12.7. The molecule has 1 unspecified atom stereocenters. The van der Waals surface area contributed by atoms with Crippen LogP contribution >= 0.6 is 33.9 Å². The van der Waals surface area contributed by atoms with Gasteiger partial charge in [-0.25, -0.2) is 8.42 Å². The van der Waals surface area contributed by atoms with Crippen molar-refractivity contribution >= 4 is 42.9 Å². The van der Waals surface area contributed by atoms with E-state index in [2.05, 4.69) is 0 Å². The molecule has 0 aromatic heterocycles. The van der Waals surface area contributed by atoms with Crippen molar-refractivity contribution < 1.29 is 8.42 Å². The molecule has 0 bridgehead atoms. The van der Waals surface area contributed by atoms with Crippen LogP contribution in [0.5, 0.6) is 0 Å². The fourth-order valence-electron chi connectivity index (χ4n) is 1.74. The molecule has 0 radical (unpaired) electrons. The molecule has 1 aliphatic carbocycles. The summed E-state index contributed by atoms with van der Waals surface area (Å²) in [5.74, 6) is 0.349. The van der Waals surface area contributed by atoms with E-state index < -0.39 is 13.4 Å². The monoisotopic (exact) mass is 312 g/mol. The Kier molecular flexibility index (Phi) is 3.66. The molecule has 0 saturated heterocycles. The zero-order valence-electron chi connectivity index (χ0n) is 8.87. The predicted molar refractivity (Wildman–Crippen MR) is 70.3 cm³/mol. The van der Waals surface area contributed by atoms with Crippen LogP contribution in [-0.4, -0.2) is 12.8 Å².